The first-order valence-electron chi connectivity index (χ1n) is 9.31. The second-order valence-corrected chi connectivity index (χ2v) is 7.53. The Balaban J connectivity index is 1.54. The van der Waals surface area contributed by atoms with Crippen molar-refractivity contribution in [2.75, 3.05) is 5.75 Å². The molecule has 3 aromatic rings. The summed E-state index contributed by atoms with van der Waals surface area (Å²) in [5.41, 5.74) is 3.84. The van der Waals surface area contributed by atoms with Crippen LogP contribution in [-0.4, -0.2) is 16.6 Å². The first-order valence-corrected chi connectivity index (χ1v) is 10.3. The molecule has 0 spiro atoms. The zero-order valence-electron chi connectivity index (χ0n) is 15.9. The first kappa shape index (κ1) is 20.1. The number of nitrogens with one attached hydrogen (secondary N) is 1. The van der Waals surface area contributed by atoms with E-state index in [1.54, 1.807) is 18.0 Å². The van der Waals surface area contributed by atoms with E-state index in [-0.39, 0.29) is 5.91 Å². The normalized spacial score (nSPS) is 10.6. The number of aromatic nitrogens is 1. The van der Waals surface area contributed by atoms with Gasteiger partial charge in [0.05, 0.1) is 23.8 Å². The number of thioether (sulfide) groups is 1. The summed E-state index contributed by atoms with van der Waals surface area (Å²) >= 11 is 1.66. The van der Waals surface area contributed by atoms with Gasteiger partial charge in [-0.2, -0.15) is 0 Å². The van der Waals surface area contributed by atoms with E-state index in [4.69, 9.17) is 4.74 Å². The van der Waals surface area contributed by atoms with E-state index in [1.807, 2.05) is 66.7 Å². The lowest BCUT2D eigenvalue weighted by molar-refractivity contribution is 0.0947. The molecule has 0 aliphatic rings. The van der Waals surface area contributed by atoms with Crippen molar-refractivity contribution in [2.45, 2.75) is 31.7 Å². The lowest BCUT2D eigenvalue weighted by atomic mass is 10.1. The van der Waals surface area contributed by atoms with Crippen LogP contribution in [0.5, 0.6) is 0 Å². The van der Waals surface area contributed by atoms with Crippen molar-refractivity contribution in [1.29, 1.82) is 0 Å². The third kappa shape index (κ3) is 5.94. The Kier molecular flexibility index (Phi) is 7.64. The van der Waals surface area contributed by atoms with Gasteiger partial charge in [0, 0.05) is 12.7 Å². The average Bonchev–Trinajstić information content (AvgIpc) is 2.74. The van der Waals surface area contributed by atoms with Crippen molar-refractivity contribution in [1.82, 2.24) is 10.3 Å². The molecule has 144 valence electrons. The Hall–Kier alpha value is -2.63. The number of carbonyl (C=O) groups is 1. The Bertz CT molecular complexity index is 883. The molecule has 0 aliphatic carbocycles. The van der Waals surface area contributed by atoms with Crippen LogP contribution < -0.4 is 5.32 Å². The maximum absolute atomic E-state index is 12.4. The third-order valence-electron chi connectivity index (χ3n) is 4.22. The van der Waals surface area contributed by atoms with Crippen molar-refractivity contribution in [2.24, 2.45) is 0 Å². The minimum atomic E-state index is -0.124. The largest absolute Gasteiger partial charge is 0.372 e. The van der Waals surface area contributed by atoms with Crippen LogP contribution in [0.15, 0.2) is 78.0 Å². The fraction of sp³-hybridized carbons (Fsp3) is 0.217. The molecule has 0 unspecified atom stereocenters. The number of pyridine rings is 1. The van der Waals surface area contributed by atoms with Crippen LogP contribution in [0.1, 0.15) is 34.0 Å². The lowest BCUT2D eigenvalue weighted by Gasteiger charge is -2.11. The molecule has 5 heteroatoms. The molecule has 1 heterocycles. The van der Waals surface area contributed by atoms with Gasteiger partial charge in [-0.05, 0) is 34.6 Å². The van der Waals surface area contributed by atoms with E-state index in [0.29, 0.717) is 25.3 Å². The van der Waals surface area contributed by atoms with Crippen LogP contribution in [-0.2, 0) is 24.5 Å². The SMILES string of the molecule is CCSc1ccc(C(=O)NCc2ccccc2COCc2ccccc2)cn1. The van der Waals surface area contributed by atoms with Gasteiger partial charge in [0.15, 0.2) is 0 Å². The van der Waals surface area contributed by atoms with Gasteiger partial charge in [-0.15, -0.1) is 11.8 Å². The number of rotatable bonds is 9. The Morgan fingerprint density at radius 3 is 2.43 bits per heavy atom. The Labute approximate surface area is 170 Å². The van der Waals surface area contributed by atoms with Gasteiger partial charge in [-0.25, -0.2) is 4.98 Å². The number of nitrogens with zero attached hydrogens (tertiary/aromatic N) is 1. The highest BCUT2D eigenvalue weighted by Gasteiger charge is 2.08. The minimum Gasteiger partial charge on any atom is -0.372 e. The molecule has 1 N–H and O–H groups in total. The number of ether oxygens (including phenoxy) is 1. The van der Waals surface area contributed by atoms with Gasteiger partial charge < -0.3 is 10.1 Å². The molecule has 0 saturated carbocycles. The molecular weight excluding hydrogens is 368 g/mol. The zero-order chi connectivity index (χ0) is 19.6. The highest BCUT2D eigenvalue weighted by molar-refractivity contribution is 7.99. The molecule has 1 amide bonds. The predicted octanol–water partition coefficient (Wildman–Crippen LogP) is 4.84. The number of benzene rings is 2. The number of amides is 1. The van der Waals surface area contributed by atoms with E-state index in [1.165, 1.54) is 0 Å². The van der Waals surface area contributed by atoms with Crippen LogP contribution in [0.2, 0.25) is 0 Å². The molecule has 0 bridgehead atoms. The molecule has 4 nitrogen and oxygen atoms in total. The molecule has 3 rings (SSSR count). The van der Waals surface area contributed by atoms with Crippen LogP contribution >= 0.6 is 11.8 Å². The summed E-state index contributed by atoms with van der Waals surface area (Å²) in [5, 5.41) is 3.90. The van der Waals surface area contributed by atoms with Gasteiger partial charge in [0.2, 0.25) is 0 Å². The molecule has 0 saturated heterocycles. The highest BCUT2D eigenvalue weighted by atomic mass is 32.2. The number of carbonyl (C=O) groups excluding carboxylic acids is 1. The summed E-state index contributed by atoms with van der Waals surface area (Å²) in [6.45, 7) is 3.60. The maximum Gasteiger partial charge on any atom is 0.253 e. The fourth-order valence-corrected chi connectivity index (χ4v) is 3.34. The van der Waals surface area contributed by atoms with Gasteiger partial charge in [0.25, 0.3) is 5.91 Å². The number of hydrogen-bond acceptors (Lipinski definition) is 4. The van der Waals surface area contributed by atoms with E-state index in [0.717, 1.165) is 27.5 Å². The predicted molar refractivity (Wildman–Crippen MR) is 113 cm³/mol. The Morgan fingerprint density at radius 2 is 1.71 bits per heavy atom. The van der Waals surface area contributed by atoms with Crippen molar-refractivity contribution in [3.63, 3.8) is 0 Å². The van der Waals surface area contributed by atoms with Crippen molar-refractivity contribution < 1.29 is 9.53 Å². The maximum atomic E-state index is 12.4. The summed E-state index contributed by atoms with van der Waals surface area (Å²) in [4.78, 5) is 16.7. The second kappa shape index (κ2) is 10.6. The smallest absolute Gasteiger partial charge is 0.253 e. The molecule has 0 aliphatic heterocycles. The zero-order valence-corrected chi connectivity index (χ0v) is 16.7. The molecule has 0 fully saturated rings. The molecule has 1 aromatic heterocycles. The van der Waals surface area contributed by atoms with E-state index in [9.17, 15) is 4.79 Å². The standard InChI is InChI=1S/C23H24N2O2S/c1-2-28-22-13-12-20(15-24-22)23(26)25-14-19-10-6-7-11-21(19)17-27-16-18-8-4-3-5-9-18/h3-13,15H,2,14,16-17H2,1H3,(H,25,26). The monoisotopic (exact) mass is 392 g/mol. The summed E-state index contributed by atoms with van der Waals surface area (Å²) in [7, 11) is 0. The fourth-order valence-electron chi connectivity index (χ4n) is 2.75. The van der Waals surface area contributed by atoms with Gasteiger partial charge in [-0.1, -0.05) is 61.5 Å². The van der Waals surface area contributed by atoms with Crippen molar-refractivity contribution in [3.8, 4) is 0 Å². The summed E-state index contributed by atoms with van der Waals surface area (Å²) in [6, 6.07) is 21.8. The molecular formula is C23H24N2O2S. The van der Waals surface area contributed by atoms with E-state index < -0.39 is 0 Å². The topological polar surface area (TPSA) is 51.2 Å². The summed E-state index contributed by atoms with van der Waals surface area (Å²) in [5.74, 6) is 0.836. The van der Waals surface area contributed by atoms with Gasteiger partial charge in [0.1, 0.15) is 0 Å². The van der Waals surface area contributed by atoms with E-state index in [2.05, 4.69) is 17.2 Å². The van der Waals surface area contributed by atoms with Gasteiger partial charge >= 0.3 is 0 Å². The highest BCUT2D eigenvalue weighted by Crippen LogP contribution is 2.15. The average molecular weight is 393 g/mol. The van der Waals surface area contributed by atoms with Gasteiger partial charge in [-0.3, -0.25) is 4.79 Å². The molecule has 2 aromatic carbocycles. The molecule has 0 radical (unpaired) electrons. The van der Waals surface area contributed by atoms with Crippen LogP contribution in [0.4, 0.5) is 0 Å². The summed E-state index contributed by atoms with van der Waals surface area (Å²) in [6.07, 6.45) is 1.63. The van der Waals surface area contributed by atoms with Crippen LogP contribution in [0.3, 0.4) is 0 Å². The summed E-state index contributed by atoms with van der Waals surface area (Å²) < 4.78 is 5.85. The number of hydrogen-bond donors (Lipinski definition) is 1. The molecule has 28 heavy (non-hydrogen) atoms. The molecule has 0 atom stereocenters. The van der Waals surface area contributed by atoms with Crippen LogP contribution in [0.25, 0.3) is 0 Å². The quantitative estimate of drug-likeness (QED) is 0.530. The minimum absolute atomic E-state index is 0.124. The third-order valence-corrected chi connectivity index (χ3v) is 5.04. The lowest BCUT2D eigenvalue weighted by Crippen LogP contribution is -2.23. The van der Waals surface area contributed by atoms with Crippen LogP contribution in [0, 0.1) is 0 Å². The Morgan fingerprint density at radius 1 is 0.964 bits per heavy atom. The van der Waals surface area contributed by atoms with Crippen molar-refractivity contribution in [3.05, 3.63) is 95.2 Å². The second-order valence-electron chi connectivity index (χ2n) is 6.25. The van der Waals surface area contributed by atoms with Crippen molar-refractivity contribution >= 4 is 17.7 Å². The first-order chi connectivity index (χ1) is 13.8. The van der Waals surface area contributed by atoms with E-state index >= 15 is 0 Å².